The molecule has 3 aromatic rings. The molecule has 2 aromatic carbocycles. The minimum Gasteiger partial charge on any atom is -0.497 e. The Morgan fingerprint density at radius 3 is 2.40 bits per heavy atom. The van der Waals surface area contributed by atoms with Crippen molar-refractivity contribution in [2.45, 2.75) is 44.4 Å². The maximum atomic E-state index is 12.8. The van der Waals surface area contributed by atoms with Crippen LogP contribution in [0.5, 0.6) is 5.75 Å². The number of carbonyl (C=O) groups is 3. The Kier molecular flexibility index (Phi) is 11.9. The van der Waals surface area contributed by atoms with Gasteiger partial charge in [0.25, 0.3) is 21.8 Å². The Bertz CT molecular complexity index is 1490. The first-order valence-corrected chi connectivity index (χ1v) is 15.3. The fraction of sp³-hybridized carbons (Fsp3) is 0.333. The van der Waals surface area contributed by atoms with Crippen molar-refractivity contribution < 1.29 is 32.3 Å². The van der Waals surface area contributed by atoms with Gasteiger partial charge in [-0.15, -0.1) is 0 Å². The minimum atomic E-state index is -4.17. The minimum absolute atomic E-state index is 0.0236. The van der Waals surface area contributed by atoms with Crippen molar-refractivity contribution in [3.8, 4) is 5.75 Å². The molecule has 42 heavy (non-hydrogen) atoms. The molecular weight excluding hydrogens is 582 g/mol. The smallest absolute Gasteiger partial charge is 0.356 e. The highest BCUT2D eigenvalue weighted by Gasteiger charge is 2.20. The number of nitrogens with one attached hydrogen (secondary N) is 2. The summed E-state index contributed by atoms with van der Waals surface area (Å²) in [5.74, 6) is -1.13. The van der Waals surface area contributed by atoms with E-state index in [0.29, 0.717) is 17.2 Å². The van der Waals surface area contributed by atoms with Gasteiger partial charge in [0.15, 0.2) is 0 Å². The van der Waals surface area contributed by atoms with Crippen LogP contribution in [0.1, 0.15) is 69.9 Å². The van der Waals surface area contributed by atoms with Gasteiger partial charge >= 0.3 is 5.97 Å². The van der Waals surface area contributed by atoms with Gasteiger partial charge < -0.3 is 14.8 Å². The Morgan fingerprint density at radius 2 is 1.76 bits per heavy atom. The maximum absolute atomic E-state index is 12.8. The van der Waals surface area contributed by atoms with Gasteiger partial charge in [0.05, 0.1) is 34.8 Å². The molecule has 0 radical (unpaired) electrons. The number of hydrogen-bond donors (Lipinski definition) is 2. The second-order valence-electron chi connectivity index (χ2n) is 9.71. The molecule has 2 amide bonds. The fourth-order valence-corrected chi connectivity index (χ4v) is 5.05. The Labute approximate surface area is 250 Å². The molecule has 0 spiro atoms. The Morgan fingerprint density at radius 1 is 1.02 bits per heavy atom. The molecule has 0 bridgehead atoms. The fourth-order valence-electron chi connectivity index (χ4n) is 3.87. The van der Waals surface area contributed by atoms with Crippen LogP contribution in [0.2, 0.25) is 5.02 Å². The second kappa shape index (κ2) is 15.3. The number of pyridine rings is 1. The average Bonchev–Trinajstić information content (AvgIpc) is 2.99. The van der Waals surface area contributed by atoms with Gasteiger partial charge in [-0.1, -0.05) is 50.4 Å². The number of benzene rings is 2. The predicted molar refractivity (Wildman–Crippen MR) is 158 cm³/mol. The van der Waals surface area contributed by atoms with Gasteiger partial charge in [-0.2, -0.15) is 0 Å². The Hall–Kier alpha value is -3.96. The number of methoxy groups -OCH3 is 1. The van der Waals surface area contributed by atoms with Crippen LogP contribution in [0.15, 0.2) is 65.7 Å². The third kappa shape index (κ3) is 9.28. The summed E-state index contributed by atoms with van der Waals surface area (Å²) in [6.45, 7) is 4.64. The summed E-state index contributed by atoms with van der Waals surface area (Å²) in [6.07, 6.45) is 4.62. The number of halogens is 1. The van der Waals surface area contributed by atoms with E-state index in [4.69, 9.17) is 21.1 Å². The van der Waals surface area contributed by atoms with E-state index in [9.17, 15) is 22.8 Å². The predicted octanol–water partition coefficient (Wildman–Crippen LogP) is 4.82. The van der Waals surface area contributed by atoms with Gasteiger partial charge in [-0.05, 0) is 66.8 Å². The molecule has 3 rings (SSSR count). The van der Waals surface area contributed by atoms with Crippen LogP contribution in [0.3, 0.4) is 0 Å². The summed E-state index contributed by atoms with van der Waals surface area (Å²) in [6, 6.07) is 13.3. The Balaban J connectivity index is 1.52. The molecule has 1 aromatic heterocycles. The van der Waals surface area contributed by atoms with E-state index in [1.54, 1.807) is 30.3 Å². The van der Waals surface area contributed by atoms with Crippen LogP contribution in [0, 0.1) is 5.92 Å². The molecule has 0 aliphatic rings. The zero-order valence-corrected chi connectivity index (χ0v) is 25.3. The third-order valence-corrected chi connectivity index (χ3v) is 8.04. The van der Waals surface area contributed by atoms with Gasteiger partial charge in [0.2, 0.25) is 0 Å². The van der Waals surface area contributed by atoms with Crippen LogP contribution in [0.25, 0.3) is 0 Å². The molecule has 12 heteroatoms. The molecule has 2 N–H and O–H groups in total. The largest absolute Gasteiger partial charge is 0.497 e. The van der Waals surface area contributed by atoms with Crippen LogP contribution < -0.4 is 14.8 Å². The van der Waals surface area contributed by atoms with Crippen molar-refractivity contribution in [1.82, 2.24) is 15.0 Å². The lowest BCUT2D eigenvalue weighted by Gasteiger charge is -2.11. The van der Waals surface area contributed by atoms with E-state index >= 15 is 0 Å². The number of ether oxygens (including phenoxy) is 2. The number of aromatic nitrogens is 1. The van der Waals surface area contributed by atoms with Gasteiger partial charge in [0, 0.05) is 12.7 Å². The lowest BCUT2D eigenvalue weighted by molar-refractivity contribution is 0.0435. The van der Waals surface area contributed by atoms with Crippen LogP contribution >= 0.6 is 11.6 Å². The van der Waals surface area contributed by atoms with Gasteiger partial charge in [-0.25, -0.2) is 22.9 Å². The first-order chi connectivity index (χ1) is 20.0. The topological polar surface area (TPSA) is 141 Å². The first-order valence-electron chi connectivity index (χ1n) is 13.4. The molecule has 1 atom stereocenters. The summed E-state index contributed by atoms with van der Waals surface area (Å²) in [4.78, 5) is 41.1. The molecule has 224 valence electrons. The molecule has 0 aliphatic heterocycles. The monoisotopic (exact) mass is 615 g/mol. The highest BCUT2D eigenvalue weighted by atomic mass is 35.5. The van der Waals surface area contributed by atoms with Crippen molar-refractivity contribution >= 4 is 39.4 Å². The highest BCUT2D eigenvalue weighted by molar-refractivity contribution is 7.90. The summed E-state index contributed by atoms with van der Waals surface area (Å²) in [7, 11) is -2.68. The summed E-state index contributed by atoms with van der Waals surface area (Å²) < 4.78 is 37.9. The second-order valence-corrected chi connectivity index (χ2v) is 11.8. The molecule has 0 fully saturated rings. The number of hydrogen-bond acceptors (Lipinski definition) is 8. The summed E-state index contributed by atoms with van der Waals surface area (Å²) in [5.41, 5.74) is 1.04. The number of amides is 2. The van der Waals surface area contributed by atoms with E-state index in [-0.39, 0.29) is 46.7 Å². The summed E-state index contributed by atoms with van der Waals surface area (Å²) in [5, 5.41) is 3.06. The number of esters is 1. The van der Waals surface area contributed by atoms with E-state index in [1.807, 2.05) is 11.6 Å². The molecule has 1 heterocycles. The quantitative estimate of drug-likeness (QED) is 0.246. The molecule has 0 saturated heterocycles. The van der Waals surface area contributed by atoms with E-state index in [1.165, 1.54) is 31.4 Å². The van der Waals surface area contributed by atoms with E-state index in [2.05, 4.69) is 17.2 Å². The number of unbranched alkanes of at least 4 members (excludes halogenated alkanes) is 1. The van der Waals surface area contributed by atoms with Gasteiger partial charge in [0.1, 0.15) is 11.4 Å². The van der Waals surface area contributed by atoms with Crippen molar-refractivity contribution in [3.05, 3.63) is 88.2 Å². The first kappa shape index (κ1) is 32.6. The molecular formula is C30H34ClN3O7S. The summed E-state index contributed by atoms with van der Waals surface area (Å²) >= 11 is 6.11. The van der Waals surface area contributed by atoms with Crippen molar-refractivity contribution in [1.29, 1.82) is 0 Å². The standard InChI is InChI=1S/C30H34ClN3O7S/c1-4-5-6-20(2)19-41-30(37)27-14-9-22(18-33-27)28(35)34-42(38,39)24-11-7-21(8-12-24)15-16-32-29(36)25-17-23(40-3)10-13-26(25)31/h7-14,17-18,20H,4-6,15-16,19H2,1-3H3,(H,32,36)(H,34,35). The lowest BCUT2D eigenvalue weighted by atomic mass is 10.1. The van der Waals surface area contributed by atoms with E-state index < -0.39 is 21.9 Å². The lowest BCUT2D eigenvalue weighted by Crippen LogP contribution is -2.30. The van der Waals surface area contributed by atoms with Crippen LogP contribution in [0.4, 0.5) is 0 Å². The van der Waals surface area contributed by atoms with Crippen molar-refractivity contribution in [3.63, 3.8) is 0 Å². The maximum Gasteiger partial charge on any atom is 0.356 e. The number of nitrogens with zero attached hydrogens (tertiary/aromatic N) is 1. The van der Waals surface area contributed by atoms with E-state index in [0.717, 1.165) is 31.0 Å². The molecule has 0 aliphatic carbocycles. The molecule has 1 unspecified atom stereocenters. The zero-order valence-electron chi connectivity index (χ0n) is 23.7. The normalized spacial score (nSPS) is 11.8. The average molecular weight is 616 g/mol. The molecule has 0 saturated carbocycles. The molecule has 10 nitrogen and oxygen atoms in total. The highest BCUT2D eigenvalue weighted by Crippen LogP contribution is 2.22. The number of rotatable bonds is 14. The third-order valence-electron chi connectivity index (χ3n) is 6.36. The SMILES string of the molecule is CCCCC(C)COC(=O)c1ccc(C(=O)NS(=O)(=O)c2ccc(CCNC(=O)c3cc(OC)ccc3Cl)cc2)cn1. The van der Waals surface area contributed by atoms with Crippen LogP contribution in [-0.2, 0) is 21.2 Å². The van der Waals surface area contributed by atoms with Gasteiger partial charge in [-0.3, -0.25) is 9.59 Å². The van der Waals surface area contributed by atoms with Crippen LogP contribution in [-0.4, -0.2) is 51.4 Å². The number of sulfonamides is 1. The number of carbonyl (C=O) groups excluding carboxylic acids is 3. The van der Waals surface area contributed by atoms with Crippen molar-refractivity contribution in [2.75, 3.05) is 20.3 Å². The van der Waals surface area contributed by atoms with Crippen molar-refractivity contribution in [2.24, 2.45) is 5.92 Å². The zero-order chi connectivity index (χ0) is 30.7.